The smallest absolute Gasteiger partial charge is 0.354 e. The average molecular weight is 227 g/mol. The second kappa shape index (κ2) is 3.40. The van der Waals surface area contributed by atoms with E-state index < -0.39 is 17.7 Å². The zero-order valence-corrected chi connectivity index (χ0v) is 9.33. The second-order valence-electron chi connectivity index (χ2n) is 4.19. The molecule has 6 nitrogen and oxygen atoms in total. The van der Waals surface area contributed by atoms with Crippen LogP contribution in [0.2, 0.25) is 0 Å². The van der Waals surface area contributed by atoms with Crippen molar-refractivity contribution < 1.29 is 23.8 Å². The number of ether oxygens (including phenoxy) is 3. The van der Waals surface area contributed by atoms with E-state index in [1.807, 2.05) is 6.92 Å². The van der Waals surface area contributed by atoms with Crippen LogP contribution in [0.4, 0.5) is 0 Å². The van der Waals surface area contributed by atoms with Gasteiger partial charge in [-0.15, -0.1) is 0 Å². The molecule has 0 bridgehead atoms. The highest BCUT2D eigenvalue weighted by molar-refractivity contribution is 6.15. The fourth-order valence-electron chi connectivity index (χ4n) is 1.51. The molecule has 88 valence electrons. The van der Waals surface area contributed by atoms with Crippen LogP contribution in [0.3, 0.4) is 0 Å². The summed E-state index contributed by atoms with van der Waals surface area (Å²) in [6.07, 6.45) is -0.0852. The third-order valence-electron chi connectivity index (χ3n) is 2.18. The molecular formula is C10H13NO5. The number of cyclic esters (lactones) is 2. The highest BCUT2D eigenvalue weighted by Gasteiger charge is 2.42. The number of esters is 2. The molecule has 0 aromatic heterocycles. The molecule has 1 atom stereocenters. The van der Waals surface area contributed by atoms with Crippen molar-refractivity contribution in [2.24, 2.45) is 0 Å². The van der Waals surface area contributed by atoms with Gasteiger partial charge in [0.25, 0.3) is 5.79 Å². The van der Waals surface area contributed by atoms with Gasteiger partial charge < -0.3 is 19.5 Å². The number of hydrogen-bond acceptors (Lipinski definition) is 6. The van der Waals surface area contributed by atoms with Crippen molar-refractivity contribution in [2.45, 2.75) is 32.7 Å². The molecule has 0 aromatic rings. The summed E-state index contributed by atoms with van der Waals surface area (Å²) in [7, 11) is 0. The molecule has 0 aromatic carbocycles. The van der Waals surface area contributed by atoms with Crippen LogP contribution in [0.15, 0.2) is 11.5 Å². The molecule has 0 saturated carbocycles. The summed E-state index contributed by atoms with van der Waals surface area (Å²) in [4.78, 5) is 23.2. The first kappa shape index (κ1) is 10.8. The summed E-state index contributed by atoms with van der Waals surface area (Å²) < 4.78 is 15.2. The van der Waals surface area contributed by atoms with Crippen molar-refractivity contribution in [2.75, 3.05) is 6.54 Å². The number of nitrogens with one attached hydrogen (secondary N) is 1. The van der Waals surface area contributed by atoms with Crippen molar-refractivity contribution in [1.29, 1.82) is 0 Å². The van der Waals surface area contributed by atoms with E-state index in [1.54, 1.807) is 0 Å². The Bertz CT molecular complexity index is 363. The maximum atomic E-state index is 11.6. The van der Waals surface area contributed by atoms with E-state index in [0.717, 1.165) is 0 Å². The summed E-state index contributed by atoms with van der Waals surface area (Å²) in [5.41, 5.74) is -0.205. The van der Waals surface area contributed by atoms with Gasteiger partial charge in [-0.1, -0.05) is 0 Å². The Kier molecular flexibility index (Phi) is 2.29. The van der Waals surface area contributed by atoms with Gasteiger partial charge in [0.2, 0.25) is 11.5 Å². The van der Waals surface area contributed by atoms with Crippen molar-refractivity contribution in [3.8, 4) is 0 Å². The van der Waals surface area contributed by atoms with Gasteiger partial charge in [0, 0.05) is 13.8 Å². The lowest BCUT2D eigenvalue weighted by atomic mass is 10.2. The Morgan fingerprint density at radius 2 is 1.81 bits per heavy atom. The molecule has 16 heavy (non-hydrogen) atoms. The minimum Gasteiger partial charge on any atom is -0.474 e. The SMILES string of the molecule is CC1CNC(=C2C(=O)OC(C)(C)OC2=O)O1. The minimum absolute atomic E-state index is 0.0852. The van der Waals surface area contributed by atoms with E-state index in [1.165, 1.54) is 13.8 Å². The third-order valence-corrected chi connectivity index (χ3v) is 2.18. The molecule has 0 radical (unpaired) electrons. The summed E-state index contributed by atoms with van der Waals surface area (Å²) in [5.74, 6) is -2.53. The first-order chi connectivity index (χ1) is 7.39. The van der Waals surface area contributed by atoms with Gasteiger partial charge in [-0.05, 0) is 6.92 Å². The molecule has 2 rings (SSSR count). The lowest BCUT2D eigenvalue weighted by Crippen LogP contribution is -2.43. The van der Waals surface area contributed by atoms with Crippen LogP contribution in [0.5, 0.6) is 0 Å². The van der Waals surface area contributed by atoms with E-state index >= 15 is 0 Å². The van der Waals surface area contributed by atoms with Crippen LogP contribution in [-0.4, -0.2) is 30.4 Å². The molecule has 6 heteroatoms. The van der Waals surface area contributed by atoms with Gasteiger partial charge in [0.15, 0.2) is 0 Å². The van der Waals surface area contributed by atoms with E-state index in [9.17, 15) is 9.59 Å². The Balaban J connectivity index is 2.30. The number of carbonyl (C=O) groups excluding carboxylic acids is 2. The average Bonchev–Trinajstić information content (AvgIpc) is 2.47. The number of carbonyl (C=O) groups is 2. The highest BCUT2D eigenvalue weighted by atomic mass is 16.7. The standard InChI is InChI=1S/C10H13NO5/c1-5-4-11-7(14-5)6-8(12)15-10(2,3)16-9(6)13/h5,11H,4H2,1-3H3. The van der Waals surface area contributed by atoms with Crippen LogP contribution in [0.1, 0.15) is 20.8 Å². The Hall–Kier alpha value is -1.72. The molecule has 1 unspecified atom stereocenters. The maximum Gasteiger partial charge on any atom is 0.354 e. The maximum absolute atomic E-state index is 11.6. The van der Waals surface area contributed by atoms with E-state index in [-0.39, 0.29) is 17.6 Å². The third kappa shape index (κ3) is 1.82. The van der Waals surface area contributed by atoms with Gasteiger partial charge in [0.1, 0.15) is 6.10 Å². The highest BCUT2D eigenvalue weighted by Crippen LogP contribution is 2.25. The van der Waals surface area contributed by atoms with Crippen molar-refractivity contribution in [3.05, 3.63) is 11.5 Å². The summed E-state index contributed by atoms with van der Waals surface area (Å²) >= 11 is 0. The lowest BCUT2D eigenvalue weighted by Gasteiger charge is -2.30. The lowest BCUT2D eigenvalue weighted by molar-refractivity contribution is -0.222. The van der Waals surface area contributed by atoms with Gasteiger partial charge in [-0.2, -0.15) is 0 Å². The molecular weight excluding hydrogens is 214 g/mol. The molecule has 2 heterocycles. The van der Waals surface area contributed by atoms with Gasteiger partial charge in [0.05, 0.1) is 6.54 Å². The summed E-state index contributed by atoms with van der Waals surface area (Å²) in [5, 5.41) is 2.82. The normalized spacial score (nSPS) is 28.1. The fourth-order valence-corrected chi connectivity index (χ4v) is 1.51. The first-order valence-electron chi connectivity index (χ1n) is 5.00. The van der Waals surface area contributed by atoms with Crippen LogP contribution >= 0.6 is 0 Å². The molecule has 2 aliphatic rings. The molecule has 2 aliphatic heterocycles. The fraction of sp³-hybridized carbons (Fsp3) is 0.600. The van der Waals surface area contributed by atoms with Crippen molar-refractivity contribution >= 4 is 11.9 Å². The molecule has 1 N–H and O–H groups in total. The van der Waals surface area contributed by atoms with Gasteiger partial charge in [-0.3, -0.25) is 0 Å². The molecule has 0 aliphatic carbocycles. The molecule has 0 spiro atoms. The molecule has 2 saturated heterocycles. The number of hydrogen-bond donors (Lipinski definition) is 1. The van der Waals surface area contributed by atoms with E-state index in [4.69, 9.17) is 14.2 Å². The Labute approximate surface area is 92.5 Å². The Morgan fingerprint density at radius 1 is 1.25 bits per heavy atom. The van der Waals surface area contributed by atoms with Crippen LogP contribution in [0.25, 0.3) is 0 Å². The van der Waals surface area contributed by atoms with E-state index in [2.05, 4.69) is 5.32 Å². The van der Waals surface area contributed by atoms with Crippen molar-refractivity contribution in [3.63, 3.8) is 0 Å². The topological polar surface area (TPSA) is 73.9 Å². The summed E-state index contributed by atoms with van der Waals surface area (Å²) in [6, 6.07) is 0. The molecule has 0 amide bonds. The monoisotopic (exact) mass is 227 g/mol. The van der Waals surface area contributed by atoms with Crippen LogP contribution < -0.4 is 5.32 Å². The zero-order chi connectivity index (χ0) is 11.9. The van der Waals surface area contributed by atoms with Gasteiger partial charge >= 0.3 is 11.9 Å². The van der Waals surface area contributed by atoms with Gasteiger partial charge in [-0.25, -0.2) is 9.59 Å². The molecule has 2 fully saturated rings. The van der Waals surface area contributed by atoms with E-state index in [0.29, 0.717) is 6.54 Å². The minimum atomic E-state index is -1.22. The van der Waals surface area contributed by atoms with Crippen LogP contribution in [0, 0.1) is 0 Å². The largest absolute Gasteiger partial charge is 0.474 e. The first-order valence-corrected chi connectivity index (χ1v) is 5.00. The second-order valence-corrected chi connectivity index (χ2v) is 4.19. The van der Waals surface area contributed by atoms with Crippen LogP contribution in [-0.2, 0) is 23.8 Å². The zero-order valence-electron chi connectivity index (χ0n) is 9.33. The predicted molar refractivity (Wildman–Crippen MR) is 51.8 cm³/mol. The Morgan fingerprint density at radius 3 is 2.25 bits per heavy atom. The quantitative estimate of drug-likeness (QED) is 0.358. The number of rotatable bonds is 0. The summed E-state index contributed by atoms with van der Waals surface area (Å²) in [6.45, 7) is 5.36. The predicted octanol–water partition coefficient (Wildman–Crippen LogP) is 0.0424. The van der Waals surface area contributed by atoms with Crippen molar-refractivity contribution in [1.82, 2.24) is 5.32 Å².